The van der Waals surface area contributed by atoms with Crippen molar-refractivity contribution >= 4 is 15.9 Å². The van der Waals surface area contributed by atoms with E-state index >= 15 is 0 Å². The summed E-state index contributed by atoms with van der Waals surface area (Å²) in [6.45, 7) is 7.71. The van der Waals surface area contributed by atoms with Crippen LogP contribution < -0.4 is 5.32 Å². The van der Waals surface area contributed by atoms with Crippen LogP contribution >= 0.6 is 0 Å². The van der Waals surface area contributed by atoms with Crippen LogP contribution in [-0.2, 0) is 14.8 Å². The molecule has 0 aromatic rings. The average molecular weight is 333 g/mol. The number of hydrogen-bond donors (Lipinski definition) is 1. The number of carbonyl (C=O) groups excluding carboxylic acids is 1. The van der Waals surface area contributed by atoms with Crippen molar-refractivity contribution in [3.8, 4) is 0 Å². The molecule has 0 aromatic heterocycles. The van der Waals surface area contributed by atoms with Gasteiger partial charge in [-0.1, -0.05) is 33.1 Å². The van der Waals surface area contributed by atoms with Crippen LogP contribution in [0.1, 0.15) is 59.3 Å². The van der Waals surface area contributed by atoms with Crippen molar-refractivity contribution in [2.24, 2.45) is 11.8 Å². The highest BCUT2D eigenvalue weighted by Gasteiger charge is 2.30. The lowest BCUT2D eigenvalue weighted by molar-refractivity contribution is -0.126. The van der Waals surface area contributed by atoms with E-state index in [0.717, 1.165) is 13.0 Å². The highest BCUT2D eigenvalue weighted by atomic mass is 32.2. The number of nitrogens with one attached hydrogen (secondary N) is 1. The molecular formula is C16H32N2O3S. The second-order valence-corrected chi connectivity index (χ2v) is 8.49. The molecule has 1 N–H and O–H groups in total. The third kappa shape index (κ3) is 5.88. The molecule has 0 aromatic carbocycles. The monoisotopic (exact) mass is 332 g/mol. The number of amides is 1. The number of nitrogens with zero attached hydrogens (tertiary/aromatic N) is 1. The fourth-order valence-corrected chi connectivity index (χ4v) is 4.04. The van der Waals surface area contributed by atoms with Gasteiger partial charge in [0.1, 0.15) is 0 Å². The number of hydrogen-bond acceptors (Lipinski definition) is 3. The van der Waals surface area contributed by atoms with E-state index in [9.17, 15) is 13.2 Å². The van der Waals surface area contributed by atoms with Crippen molar-refractivity contribution in [2.75, 3.05) is 25.4 Å². The molecule has 1 atom stereocenters. The zero-order valence-corrected chi connectivity index (χ0v) is 15.1. The molecule has 130 valence electrons. The normalized spacial score (nSPS) is 19.0. The molecule has 1 saturated heterocycles. The second kappa shape index (κ2) is 9.50. The Morgan fingerprint density at radius 2 is 1.86 bits per heavy atom. The van der Waals surface area contributed by atoms with Gasteiger partial charge >= 0.3 is 0 Å². The maximum atomic E-state index is 12.2. The lowest BCUT2D eigenvalue weighted by atomic mass is 9.95. The van der Waals surface area contributed by atoms with Crippen molar-refractivity contribution in [3.63, 3.8) is 0 Å². The van der Waals surface area contributed by atoms with E-state index in [1.165, 1.54) is 23.6 Å². The Bertz CT molecular complexity index is 429. The van der Waals surface area contributed by atoms with Gasteiger partial charge in [-0.05, 0) is 32.1 Å². The highest BCUT2D eigenvalue weighted by molar-refractivity contribution is 7.89. The van der Waals surface area contributed by atoms with E-state index in [1.54, 1.807) is 6.92 Å². The van der Waals surface area contributed by atoms with Crippen molar-refractivity contribution in [3.05, 3.63) is 0 Å². The first-order chi connectivity index (χ1) is 10.4. The third-order valence-electron chi connectivity index (χ3n) is 4.69. The van der Waals surface area contributed by atoms with Crippen LogP contribution in [0.4, 0.5) is 0 Å². The Morgan fingerprint density at radius 3 is 2.36 bits per heavy atom. The lowest BCUT2D eigenvalue weighted by Crippen LogP contribution is -2.44. The van der Waals surface area contributed by atoms with Gasteiger partial charge < -0.3 is 5.32 Å². The van der Waals surface area contributed by atoms with Gasteiger partial charge in [-0.15, -0.1) is 0 Å². The number of piperidine rings is 1. The third-order valence-corrected chi connectivity index (χ3v) is 6.57. The summed E-state index contributed by atoms with van der Waals surface area (Å²) in [6.07, 6.45) is 5.93. The van der Waals surface area contributed by atoms with Gasteiger partial charge in [0.25, 0.3) is 0 Å². The predicted octanol–water partition coefficient (Wildman–Crippen LogP) is 2.38. The van der Waals surface area contributed by atoms with Crippen LogP contribution in [0.15, 0.2) is 0 Å². The predicted molar refractivity (Wildman–Crippen MR) is 90.1 cm³/mol. The molecule has 1 heterocycles. The summed E-state index contributed by atoms with van der Waals surface area (Å²) in [5, 5.41) is 3.07. The molecule has 0 radical (unpaired) electrons. The van der Waals surface area contributed by atoms with Crippen LogP contribution in [0.3, 0.4) is 0 Å². The molecular weight excluding hydrogens is 300 g/mol. The van der Waals surface area contributed by atoms with E-state index in [-0.39, 0.29) is 17.6 Å². The van der Waals surface area contributed by atoms with Gasteiger partial charge in [-0.25, -0.2) is 12.7 Å². The van der Waals surface area contributed by atoms with Crippen molar-refractivity contribution in [1.29, 1.82) is 0 Å². The van der Waals surface area contributed by atoms with Gasteiger partial charge in [-0.2, -0.15) is 0 Å². The largest absolute Gasteiger partial charge is 0.356 e. The first-order valence-electron chi connectivity index (χ1n) is 8.70. The smallest absolute Gasteiger partial charge is 0.223 e. The van der Waals surface area contributed by atoms with Gasteiger partial charge in [-0.3, -0.25) is 4.79 Å². The summed E-state index contributed by atoms with van der Waals surface area (Å²) in [5.41, 5.74) is 0. The van der Waals surface area contributed by atoms with E-state index in [2.05, 4.69) is 19.2 Å². The minimum absolute atomic E-state index is 0.0352. The highest BCUT2D eigenvalue weighted by Crippen LogP contribution is 2.20. The van der Waals surface area contributed by atoms with E-state index in [0.29, 0.717) is 31.8 Å². The Hall–Kier alpha value is -0.620. The lowest BCUT2D eigenvalue weighted by Gasteiger charge is -2.30. The number of unbranched alkanes of at least 4 members (excludes halogenated alkanes) is 1. The van der Waals surface area contributed by atoms with Gasteiger partial charge in [0.15, 0.2) is 0 Å². The quantitative estimate of drug-likeness (QED) is 0.705. The molecule has 1 unspecified atom stereocenters. The standard InChI is InChI=1S/C16H32N2O3S/c1-4-7-8-14(5-2)13-17-16(19)15-9-11-18(12-10-15)22(20,21)6-3/h14-15H,4-13H2,1-3H3,(H,17,19). The Morgan fingerprint density at radius 1 is 1.23 bits per heavy atom. The molecule has 0 saturated carbocycles. The molecule has 0 aliphatic carbocycles. The first-order valence-corrected chi connectivity index (χ1v) is 10.3. The van der Waals surface area contributed by atoms with Crippen LogP contribution in [0.5, 0.6) is 0 Å². The number of carbonyl (C=O) groups is 1. The SMILES string of the molecule is CCCCC(CC)CNC(=O)C1CCN(S(=O)(=O)CC)CC1. The van der Waals surface area contributed by atoms with Crippen molar-refractivity contribution in [2.45, 2.75) is 59.3 Å². The van der Waals surface area contributed by atoms with Crippen LogP contribution in [-0.4, -0.2) is 44.0 Å². The van der Waals surface area contributed by atoms with Crippen molar-refractivity contribution < 1.29 is 13.2 Å². The zero-order valence-electron chi connectivity index (χ0n) is 14.3. The topological polar surface area (TPSA) is 66.5 Å². The van der Waals surface area contributed by atoms with E-state index < -0.39 is 10.0 Å². The Balaban J connectivity index is 2.36. The zero-order chi connectivity index (χ0) is 16.6. The molecule has 22 heavy (non-hydrogen) atoms. The van der Waals surface area contributed by atoms with E-state index in [4.69, 9.17) is 0 Å². The molecule has 1 fully saturated rings. The minimum Gasteiger partial charge on any atom is -0.356 e. The molecule has 1 aliphatic rings. The summed E-state index contributed by atoms with van der Waals surface area (Å²) >= 11 is 0. The summed E-state index contributed by atoms with van der Waals surface area (Å²) in [7, 11) is -3.11. The fraction of sp³-hybridized carbons (Fsp3) is 0.938. The fourth-order valence-electron chi connectivity index (χ4n) is 2.91. The summed E-state index contributed by atoms with van der Waals surface area (Å²) < 4.78 is 25.1. The van der Waals surface area contributed by atoms with Gasteiger partial charge in [0.2, 0.25) is 15.9 Å². The van der Waals surface area contributed by atoms with Crippen LogP contribution in [0, 0.1) is 11.8 Å². The summed E-state index contributed by atoms with van der Waals surface area (Å²) in [6, 6.07) is 0. The molecule has 1 aliphatic heterocycles. The van der Waals surface area contributed by atoms with Crippen molar-refractivity contribution in [1.82, 2.24) is 9.62 Å². The molecule has 1 amide bonds. The van der Waals surface area contributed by atoms with E-state index in [1.807, 2.05) is 0 Å². The Labute approximate surface area is 135 Å². The minimum atomic E-state index is -3.11. The maximum absolute atomic E-state index is 12.2. The molecule has 1 rings (SSSR count). The molecule has 6 heteroatoms. The Kier molecular flexibility index (Phi) is 8.39. The van der Waals surface area contributed by atoms with Gasteiger partial charge in [0.05, 0.1) is 5.75 Å². The number of sulfonamides is 1. The summed E-state index contributed by atoms with van der Waals surface area (Å²) in [5.74, 6) is 0.763. The summed E-state index contributed by atoms with van der Waals surface area (Å²) in [4.78, 5) is 12.2. The van der Waals surface area contributed by atoms with Gasteiger partial charge in [0, 0.05) is 25.6 Å². The van der Waals surface area contributed by atoms with Crippen LogP contribution in [0.2, 0.25) is 0 Å². The maximum Gasteiger partial charge on any atom is 0.223 e. The number of rotatable bonds is 9. The average Bonchev–Trinajstić information content (AvgIpc) is 2.55. The molecule has 0 bridgehead atoms. The van der Waals surface area contributed by atoms with Crippen LogP contribution in [0.25, 0.3) is 0 Å². The second-order valence-electron chi connectivity index (χ2n) is 6.24. The molecule has 0 spiro atoms. The molecule has 5 nitrogen and oxygen atoms in total. The first kappa shape index (κ1) is 19.4.